The van der Waals surface area contributed by atoms with Crippen molar-refractivity contribution in [3.05, 3.63) is 59.2 Å². The van der Waals surface area contributed by atoms with E-state index in [1.54, 1.807) is 12.5 Å². The molecule has 18 heavy (non-hydrogen) atoms. The average Bonchev–Trinajstić information content (AvgIpc) is 2.36. The lowest BCUT2D eigenvalue weighted by atomic mass is 10.00. The number of hydrazine groups is 1. The van der Waals surface area contributed by atoms with Crippen LogP contribution in [0.1, 0.15) is 28.4 Å². The van der Waals surface area contributed by atoms with Crippen LogP contribution in [0.3, 0.4) is 0 Å². The molecule has 0 aliphatic heterocycles. The van der Waals surface area contributed by atoms with Crippen molar-refractivity contribution >= 4 is 0 Å². The lowest BCUT2D eigenvalue weighted by Crippen LogP contribution is -2.30. The van der Waals surface area contributed by atoms with Gasteiger partial charge in [-0.05, 0) is 31.9 Å². The average molecular weight is 242 g/mol. The summed E-state index contributed by atoms with van der Waals surface area (Å²) >= 11 is 0. The maximum Gasteiger partial charge on any atom is 0.115 e. The van der Waals surface area contributed by atoms with E-state index in [-0.39, 0.29) is 6.04 Å². The molecule has 1 atom stereocenters. The summed E-state index contributed by atoms with van der Waals surface area (Å²) < 4.78 is 0. The molecule has 0 saturated carbocycles. The van der Waals surface area contributed by atoms with Gasteiger partial charge in [0.1, 0.15) is 6.33 Å². The quantitative estimate of drug-likeness (QED) is 0.634. The van der Waals surface area contributed by atoms with Crippen LogP contribution in [0.4, 0.5) is 0 Å². The first-order chi connectivity index (χ1) is 8.69. The molecule has 0 aliphatic carbocycles. The molecule has 0 radical (unpaired) electrons. The Bertz CT molecular complexity index is 490. The summed E-state index contributed by atoms with van der Waals surface area (Å²) in [6.45, 7) is 4.21. The van der Waals surface area contributed by atoms with Crippen LogP contribution in [-0.4, -0.2) is 9.97 Å². The Morgan fingerprint density at radius 1 is 1.22 bits per heavy atom. The number of hydrogen-bond donors (Lipinski definition) is 2. The highest BCUT2D eigenvalue weighted by atomic mass is 15.2. The molecule has 0 saturated heterocycles. The number of nitrogens with one attached hydrogen (secondary N) is 1. The van der Waals surface area contributed by atoms with E-state index in [4.69, 9.17) is 5.84 Å². The summed E-state index contributed by atoms with van der Waals surface area (Å²) in [5.74, 6) is 5.62. The molecule has 4 nitrogen and oxygen atoms in total. The fourth-order valence-corrected chi connectivity index (χ4v) is 2.18. The van der Waals surface area contributed by atoms with Crippen molar-refractivity contribution in [3.63, 3.8) is 0 Å². The number of hydrogen-bond acceptors (Lipinski definition) is 4. The van der Waals surface area contributed by atoms with Gasteiger partial charge in [-0.2, -0.15) is 0 Å². The summed E-state index contributed by atoms with van der Waals surface area (Å²) in [4.78, 5) is 8.15. The van der Waals surface area contributed by atoms with Gasteiger partial charge in [0.15, 0.2) is 0 Å². The van der Waals surface area contributed by atoms with Gasteiger partial charge in [0, 0.05) is 6.20 Å². The van der Waals surface area contributed by atoms with E-state index in [0.717, 1.165) is 12.1 Å². The van der Waals surface area contributed by atoms with Crippen LogP contribution in [0.5, 0.6) is 0 Å². The molecule has 0 aliphatic rings. The predicted molar refractivity (Wildman–Crippen MR) is 71.7 cm³/mol. The highest BCUT2D eigenvalue weighted by Gasteiger charge is 2.12. The van der Waals surface area contributed by atoms with Gasteiger partial charge >= 0.3 is 0 Å². The number of aryl methyl sites for hydroxylation is 2. The van der Waals surface area contributed by atoms with Crippen LogP contribution >= 0.6 is 0 Å². The minimum absolute atomic E-state index is 0.00852. The van der Waals surface area contributed by atoms with Crippen molar-refractivity contribution in [1.29, 1.82) is 0 Å². The number of nitrogens with zero attached hydrogens (tertiary/aromatic N) is 2. The molecule has 1 aromatic carbocycles. The molecule has 2 rings (SSSR count). The highest BCUT2D eigenvalue weighted by molar-refractivity contribution is 5.29. The van der Waals surface area contributed by atoms with Crippen LogP contribution in [0.2, 0.25) is 0 Å². The molecule has 3 N–H and O–H groups in total. The Balaban J connectivity index is 2.20. The fraction of sp³-hybridized carbons (Fsp3) is 0.286. The number of rotatable bonds is 4. The zero-order valence-corrected chi connectivity index (χ0v) is 10.7. The van der Waals surface area contributed by atoms with E-state index >= 15 is 0 Å². The van der Waals surface area contributed by atoms with Gasteiger partial charge in [-0.15, -0.1) is 0 Å². The summed E-state index contributed by atoms with van der Waals surface area (Å²) in [5, 5.41) is 0. The van der Waals surface area contributed by atoms with Crippen molar-refractivity contribution in [3.8, 4) is 0 Å². The van der Waals surface area contributed by atoms with Crippen LogP contribution in [-0.2, 0) is 6.42 Å². The van der Waals surface area contributed by atoms with E-state index < -0.39 is 0 Å². The van der Waals surface area contributed by atoms with E-state index in [1.807, 2.05) is 6.07 Å². The maximum absolute atomic E-state index is 5.62. The van der Waals surface area contributed by atoms with Gasteiger partial charge in [-0.3, -0.25) is 11.3 Å². The van der Waals surface area contributed by atoms with E-state index in [2.05, 4.69) is 47.4 Å². The van der Waals surface area contributed by atoms with E-state index in [9.17, 15) is 0 Å². The summed E-state index contributed by atoms with van der Waals surface area (Å²) in [5.41, 5.74) is 7.52. The fourth-order valence-electron chi connectivity index (χ4n) is 2.18. The van der Waals surface area contributed by atoms with Gasteiger partial charge in [0.05, 0.1) is 11.7 Å². The van der Waals surface area contributed by atoms with Crippen molar-refractivity contribution < 1.29 is 0 Å². The molecule has 1 heterocycles. The third-order valence-corrected chi connectivity index (χ3v) is 2.88. The molecular weight excluding hydrogens is 224 g/mol. The molecule has 94 valence electrons. The molecule has 2 aromatic rings. The summed E-state index contributed by atoms with van der Waals surface area (Å²) in [7, 11) is 0. The van der Waals surface area contributed by atoms with Gasteiger partial charge in [-0.25, -0.2) is 9.97 Å². The Morgan fingerprint density at radius 3 is 2.50 bits per heavy atom. The summed E-state index contributed by atoms with van der Waals surface area (Å²) in [6, 6.07) is 8.41. The second kappa shape index (κ2) is 5.71. The smallest absolute Gasteiger partial charge is 0.115 e. The van der Waals surface area contributed by atoms with Crippen molar-refractivity contribution in [2.45, 2.75) is 26.3 Å². The third kappa shape index (κ3) is 3.12. The lowest BCUT2D eigenvalue weighted by molar-refractivity contribution is 0.537. The molecule has 1 unspecified atom stereocenters. The Kier molecular flexibility index (Phi) is 4.02. The number of nitrogens with two attached hydrogens (primary N) is 1. The number of benzene rings is 1. The van der Waals surface area contributed by atoms with E-state index in [0.29, 0.717) is 0 Å². The molecule has 0 fully saturated rings. The topological polar surface area (TPSA) is 63.8 Å². The maximum atomic E-state index is 5.62. The standard InChI is InChI=1S/C14H18N4/c1-10-5-11(2)7-12(6-10)8-14(18-15)13-3-4-16-9-17-13/h3-7,9,14,18H,8,15H2,1-2H3. The van der Waals surface area contributed by atoms with Crippen molar-refractivity contribution in [2.75, 3.05) is 0 Å². The number of aromatic nitrogens is 2. The molecule has 0 bridgehead atoms. The first-order valence-electron chi connectivity index (χ1n) is 5.98. The minimum Gasteiger partial charge on any atom is -0.271 e. The SMILES string of the molecule is Cc1cc(C)cc(CC(NN)c2ccncn2)c1. The van der Waals surface area contributed by atoms with Crippen LogP contribution in [0, 0.1) is 13.8 Å². The van der Waals surface area contributed by atoms with Crippen LogP contribution in [0.25, 0.3) is 0 Å². The normalized spacial score (nSPS) is 12.4. The van der Waals surface area contributed by atoms with Crippen LogP contribution < -0.4 is 11.3 Å². The zero-order valence-electron chi connectivity index (χ0n) is 10.7. The zero-order chi connectivity index (χ0) is 13.0. The lowest BCUT2D eigenvalue weighted by Gasteiger charge is -2.15. The van der Waals surface area contributed by atoms with E-state index in [1.165, 1.54) is 16.7 Å². The second-order valence-corrected chi connectivity index (χ2v) is 4.55. The van der Waals surface area contributed by atoms with Crippen molar-refractivity contribution in [2.24, 2.45) is 5.84 Å². The third-order valence-electron chi connectivity index (χ3n) is 2.88. The molecule has 0 spiro atoms. The molecule has 4 heteroatoms. The monoisotopic (exact) mass is 242 g/mol. The molecule has 1 aromatic heterocycles. The first-order valence-corrected chi connectivity index (χ1v) is 5.98. The molecule has 0 amide bonds. The Morgan fingerprint density at radius 2 is 1.94 bits per heavy atom. The predicted octanol–water partition coefficient (Wildman–Crippen LogP) is 1.84. The van der Waals surface area contributed by atoms with Crippen LogP contribution in [0.15, 0.2) is 36.8 Å². The minimum atomic E-state index is 0.00852. The Hall–Kier alpha value is -1.78. The summed E-state index contributed by atoms with van der Waals surface area (Å²) in [6.07, 6.45) is 4.09. The first kappa shape index (κ1) is 12.7. The molecular formula is C14H18N4. The van der Waals surface area contributed by atoms with Gasteiger partial charge in [-0.1, -0.05) is 29.3 Å². The van der Waals surface area contributed by atoms with Gasteiger partial charge in [0.25, 0.3) is 0 Å². The highest BCUT2D eigenvalue weighted by Crippen LogP contribution is 2.17. The largest absolute Gasteiger partial charge is 0.271 e. The second-order valence-electron chi connectivity index (χ2n) is 4.55. The Labute approximate surface area is 107 Å². The van der Waals surface area contributed by atoms with Gasteiger partial charge < -0.3 is 0 Å². The van der Waals surface area contributed by atoms with Crippen molar-refractivity contribution in [1.82, 2.24) is 15.4 Å². The van der Waals surface area contributed by atoms with Gasteiger partial charge in [0.2, 0.25) is 0 Å².